The molecule has 5 nitrogen and oxygen atoms in total. The van der Waals surface area contributed by atoms with Crippen LogP contribution in [0.15, 0.2) is 42.6 Å². The minimum absolute atomic E-state index is 0.270. The lowest BCUT2D eigenvalue weighted by molar-refractivity contribution is -0.137. The van der Waals surface area contributed by atoms with E-state index in [1.807, 2.05) is 19.2 Å². The summed E-state index contributed by atoms with van der Waals surface area (Å²) in [6.45, 7) is 3.42. The number of benzene rings is 1. The van der Waals surface area contributed by atoms with Crippen molar-refractivity contribution in [3.63, 3.8) is 0 Å². The molecule has 0 radical (unpaired) electrons. The number of nitrogens with one attached hydrogen (secondary N) is 1. The summed E-state index contributed by atoms with van der Waals surface area (Å²) < 4.78 is 38.5. The molecule has 0 saturated carbocycles. The van der Waals surface area contributed by atoms with E-state index in [-0.39, 0.29) is 5.69 Å². The second-order valence-corrected chi connectivity index (χ2v) is 6.19. The van der Waals surface area contributed by atoms with E-state index in [4.69, 9.17) is 0 Å². The van der Waals surface area contributed by atoms with Crippen LogP contribution in [0.5, 0.6) is 0 Å². The standard InChI is InChI=1S/C18H19F3N4O/c1-24-8-10-25(11-9-24)16-5-3-2-4-14(16)23-17(26)15-12-13(6-7-22-15)18(19,20)21/h2-7,12H,8-11H2,1H3,(H,23,26). The monoisotopic (exact) mass is 364 g/mol. The highest BCUT2D eigenvalue weighted by molar-refractivity contribution is 6.04. The average molecular weight is 364 g/mol. The molecule has 1 aromatic heterocycles. The number of para-hydroxylation sites is 2. The van der Waals surface area contributed by atoms with E-state index >= 15 is 0 Å². The van der Waals surface area contributed by atoms with Gasteiger partial charge in [-0.15, -0.1) is 0 Å². The topological polar surface area (TPSA) is 48.5 Å². The minimum atomic E-state index is -4.52. The van der Waals surface area contributed by atoms with Gasteiger partial charge in [0.15, 0.2) is 0 Å². The number of rotatable bonds is 3. The highest BCUT2D eigenvalue weighted by Gasteiger charge is 2.31. The van der Waals surface area contributed by atoms with Gasteiger partial charge < -0.3 is 15.1 Å². The zero-order valence-electron chi connectivity index (χ0n) is 14.3. The predicted octanol–water partition coefficient (Wildman–Crippen LogP) is 3.10. The fourth-order valence-corrected chi connectivity index (χ4v) is 2.82. The average Bonchev–Trinajstić information content (AvgIpc) is 2.62. The number of alkyl halides is 3. The number of pyridine rings is 1. The maximum absolute atomic E-state index is 12.8. The minimum Gasteiger partial charge on any atom is -0.367 e. The maximum Gasteiger partial charge on any atom is 0.416 e. The lowest BCUT2D eigenvalue weighted by atomic mass is 10.2. The van der Waals surface area contributed by atoms with E-state index in [9.17, 15) is 18.0 Å². The van der Waals surface area contributed by atoms with Crippen LogP contribution >= 0.6 is 0 Å². The first-order chi connectivity index (χ1) is 12.3. The first kappa shape index (κ1) is 18.2. The normalized spacial score (nSPS) is 15.8. The number of piperazine rings is 1. The summed E-state index contributed by atoms with van der Waals surface area (Å²) in [7, 11) is 2.05. The number of halogens is 3. The Balaban J connectivity index is 1.80. The van der Waals surface area contributed by atoms with E-state index in [0.29, 0.717) is 5.69 Å². The Morgan fingerprint density at radius 1 is 1.12 bits per heavy atom. The first-order valence-corrected chi connectivity index (χ1v) is 8.22. The van der Waals surface area contributed by atoms with Crippen molar-refractivity contribution in [2.75, 3.05) is 43.4 Å². The van der Waals surface area contributed by atoms with Crippen LogP contribution in [0.4, 0.5) is 24.5 Å². The van der Waals surface area contributed by atoms with Crippen molar-refractivity contribution in [1.29, 1.82) is 0 Å². The molecule has 2 heterocycles. The third-order valence-corrected chi connectivity index (χ3v) is 4.32. The quantitative estimate of drug-likeness (QED) is 0.909. The number of carbonyl (C=O) groups excluding carboxylic acids is 1. The van der Waals surface area contributed by atoms with Gasteiger partial charge in [-0.05, 0) is 31.3 Å². The van der Waals surface area contributed by atoms with E-state index in [1.165, 1.54) is 0 Å². The van der Waals surface area contributed by atoms with E-state index < -0.39 is 17.6 Å². The third kappa shape index (κ3) is 4.13. The van der Waals surface area contributed by atoms with Gasteiger partial charge in [-0.2, -0.15) is 13.2 Å². The van der Waals surface area contributed by atoms with Gasteiger partial charge in [0.2, 0.25) is 0 Å². The van der Waals surface area contributed by atoms with Crippen LogP contribution in [-0.2, 0) is 6.18 Å². The molecule has 1 aromatic carbocycles. The molecule has 1 aliphatic heterocycles. The Kier molecular flexibility index (Phi) is 5.13. The molecule has 0 spiro atoms. The van der Waals surface area contributed by atoms with Gasteiger partial charge in [0, 0.05) is 32.4 Å². The molecule has 0 bridgehead atoms. The Morgan fingerprint density at radius 3 is 2.50 bits per heavy atom. The first-order valence-electron chi connectivity index (χ1n) is 8.22. The Morgan fingerprint density at radius 2 is 1.81 bits per heavy atom. The Labute approximate surface area is 149 Å². The number of carbonyl (C=O) groups is 1. The molecular formula is C18H19F3N4O. The molecular weight excluding hydrogens is 345 g/mol. The van der Waals surface area contributed by atoms with Gasteiger partial charge in [0.25, 0.3) is 5.91 Å². The van der Waals surface area contributed by atoms with Crippen LogP contribution in [0.1, 0.15) is 16.1 Å². The van der Waals surface area contributed by atoms with Crippen molar-refractivity contribution in [2.24, 2.45) is 0 Å². The van der Waals surface area contributed by atoms with Gasteiger partial charge in [-0.1, -0.05) is 12.1 Å². The number of nitrogens with zero attached hydrogens (tertiary/aromatic N) is 3. The van der Waals surface area contributed by atoms with Crippen molar-refractivity contribution >= 4 is 17.3 Å². The summed E-state index contributed by atoms with van der Waals surface area (Å²) in [5, 5.41) is 2.69. The van der Waals surface area contributed by atoms with E-state index in [1.54, 1.807) is 12.1 Å². The molecule has 2 aromatic rings. The zero-order valence-corrected chi connectivity index (χ0v) is 14.3. The van der Waals surface area contributed by atoms with Crippen LogP contribution in [-0.4, -0.2) is 49.0 Å². The maximum atomic E-state index is 12.8. The number of hydrogen-bond donors (Lipinski definition) is 1. The lowest BCUT2D eigenvalue weighted by Gasteiger charge is -2.35. The van der Waals surface area contributed by atoms with Gasteiger partial charge in [-0.3, -0.25) is 9.78 Å². The number of likely N-dealkylation sites (N-methyl/N-ethyl adjacent to an activating group) is 1. The van der Waals surface area contributed by atoms with Crippen molar-refractivity contribution < 1.29 is 18.0 Å². The van der Waals surface area contributed by atoms with Gasteiger partial charge >= 0.3 is 6.18 Å². The number of amides is 1. The van der Waals surface area contributed by atoms with Crippen LogP contribution in [0.25, 0.3) is 0 Å². The molecule has 1 N–H and O–H groups in total. The molecule has 0 aliphatic carbocycles. The summed E-state index contributed by atoms with van der Waals surface area (Å²) >= 11 is 0. The largest absolute Gasteiger partial charge is 0.416 e. The molecule has 3 rings (SSSR count). The zero-order chi connectivity index (χ0) is 18.7. The Bertz CT molecular complexity index is 786. The highest BCUT2D eigenvalue weighted by Crippen LogP contribution is 2.30. The van der Waals surface area contributed by atoms with Crippen LogP contribution in [0.2, 0.25) is 0 Å². The summed E-state index contributed by atoms with van der Waals surface area (Å²) in [6, 6.07) is 8.86. The number of anilines is 2. The molecule has 0 unspecified atom stereocenters. The van der Waals surface area contributed by atoms with E-state index in [0.717, 1.165) is 50.2 Å². The van der Waals surface area contributed by atoms with Crippen molar-refractivity contribution in [3.8, 4) is 0 Å². The molecule has 1 fully saturated rings. The highest BCUT2D eigenvalue weighted by atomic mass is 19.4. The van der Waals surface area contributed by atoms with Crippen molar-refractivity contribution in [1.82, 2.24) is 9.88 Å². The van der Waals surface area contributed by atoms with E-state index in [2.05, 4.69) is 20.1 Å². The Hall–Kier alpha value is -2.61. The fourth-order valence-electron chi connectivity index (χ4n) is 2.82. The van der Waals surface area contributed by atoms with Gasteiger partial charge in [-0.25, -0.2) is 0 Å². The molecule has 1 aliphatic rings. The summed E-state index contributed by atoms with van der Waals surface area (Å²) in [5.41, 5.74) is 0.236. The number of hydrogen-bond acceptors (Lipinski definition) is 4. The molecule has 138 valence electrons. The summed E-state index contributed by atoms with van der Waals surface area (Å²) in [4.78, 5) is 20.5. The van der Waals surface area contributed by atoms with Gasteiger partial charge in [0.05, 0.1) is 16.9 Å². The summed E-state index contributed by atoms with van der Waals surface area (Å²) in [5.74, 6) is -0.669. The van der Waals surface area contributed by atoms with Gasteiger partial charge in [0.1, 0.15) is 5.69 Å². The molecule has 1 amide bonds. The van der Waals surface area contributed by atoms with Crippen LogP contribution in [0, 0.1) is 0 Å². The SMILES string of the molecule is CN1CCN(c2ccccc2NC(=O)c2cc(C(F)(F)F)ccn2)CC1. The lowest BCUT2D eigenvalue weighted by Crippen LogP contribution is -2.44. The smallest absolute Gasteiger partial charge is 0.367 e. The summed E-state index contributed by atoms with van der Waals surface area (Å²) in [6.07, 6.45) is -3.53. The third-order valence-electron chi connectivity index (χ3n) is 4.32. The predicted molar refractivity (Wildman–Crippen MR) is 93.3 cm³/mol. The second-order valence-electron chi connectivity index (χ2n) is 6.19. The second kappa shape index (κ2) is 7.33. The number of aromatic nitrogens is 1. The molecule has 1 saturated heterocycles. The van der Waals surface area contributed by atoms with Crippen molar-refractivity contribution in [2.45, 2.75) is 6.18 Å². The van der Waals surface area contributed by atoms with Crippen LogP contribution < -0.4 is 10.2 Å². The van der Waals surface area contributed by atoms with Crippen LogP contribution in [0.3, 0.4) is 0 Å². The molecule has 8 heteroatoms. The molecule has 26 heavy (non-hydrogen) atoms. The molecule has 0 atom stereocenters. The van der Waals surface area contributed by atoms with Crippen molar-refractivity contribution in [3.05, 3.63) is 53.9 Å². The fraction of sp³-hybridized carbons (Fsp3) is 0.333.